The topological polar surface area (TPSA) is 18.5 Å². The zero-order valence-corrected chi connectivity index (χ0v) is 12.2. The molecule has 3 heteroatoms. The quantitative estimate of drug-likeness (QED) is 0.733. The van der Waals surface area contributed by atoms with Gasteiger partial charge >= 0.3 is 0 Å². The first-order valence-corrected chi connectivity index (χ1v) is 7.29. The van der Waals surface area contributed by atoms with Crippen molar-refractivity contribution in [2.75, 3.05) is 40.3 Å². The first kappa shape index (κ1) is 14.9. The van der Waals surface area contributed by atoms with Crippen molar-refractivity contribution in [3.8, 4) is 0 Å². The van der Waals surface area contributed by atoms with Crippen LogP contribution >= 0.6 is 0 Å². The van der Waals surface area contributed by atoms with E-state index in [1.807, 2.05) is 0 Å². The van der Waals surface area contributed by atoms with Crippen LogP contribution in [0.5, 0.6) is 0 Å². The molecule has 1 rings (SSSR count). The van der Waals surface area contributed by atoms with E-state index in [-0.39, 0.29) is 0 Å². The summed E-state index contributed by atoms with van der Waals surface area (Å²) in [6, 6.07) is 1.49. The summed E-state index contributed by atoms with van der Waals surface area (Å²) in [6.45, 7) is 9.46. The van der Waals surface area contributed by atoms with E-state index < -0.39 is 0 Å². The first-order chi connectivity index (χ1) is 8.17. The smallest absolute Gasteiger partial charge is 0.0192 e. The lowest BCUT2D eigenvalue weighted by Crippen LogP contribution is -2.47. The molecular weight excluding hydrogens is 210 g/mol. The molecule has 102 valence electrons. The Bertz CT molecular complexity index is 186. The zero-order valence-electron chi connectivity index (χ0n) is 12.2. The number of piperidine rings is 1. The first-order valence-electron chi connectivity index (χ1n) is 7.29. The molecule has 1 N–H and O–H groups in total. The highest BCUT2D eigenvalue weighted by Crippen LogP contribution is 2.14. The number of hydrogen-bond acceptors (Lipinski definition) is 3. The van der Waals surface area contributed by atoms with E-state index >= 15 is 0 Å². The van der Waals surface area contributed by atoms with E-state index in [0.29, 0.717) is 6.04 Å². The van der Waals surface area contributed by atoms with E-state index in [1.165, 1.54) is 45.3 Å². The van der Waals surface area contributed by atoms with Gasteiger partial charge in [-0.1, -0.05) is 13.8 Å². The maximum Gasteiger partial charge on any atom is 0.0192 e. The summed E-state index contributed by atoms with van der Waals surface area (Å²) in [5, 5.41) is 3.65. The minimum absolute atomic E-state index is 0.686. The molecular formula is C14H31N3. The van der Waals surface area contributed by atoms with Crippen LogP contribution in [0, 0.1) is 0 Å². The molecule has 3 nitrogen and oxygen atoms in total. The Morgan fingerprint density at radius 1 is 1.24 bits per heavy atom. The third-order valence-electron chi connectivity index (χ3n) is 3.94. The van der Waals surface area contributed by atoms with Crippen LogP contribution in [-0.4, -0.2) is 62.2 Å². The molecule has 0 aromatic carbocycles. The highest BCUT2D eigenvalue weighted by molar-refractivity contribution is 4.79. The highest BCUT2D eigenvalue weighted by atomic mass is 15.2. The molecule has 1 aliphatic rings. The predicted octanol–water partition coefficient (Wildman–Crippen LogP) is 1.79. The second-order valence-electron chi connectivity index (χ2n) is 5.55. The second-order valence-corrected chi connectivity index (χ2v) is 5.55. The summed E-state index contributed by atoms with van der Waals surface area (Å²) in [5.41, 5.74) is 0. The van der Waals surface area contributed by atoms with E-state index in [9.17, 15) is 0 Å². The molecule has 0 radical (unpaired) electrons. The number of nitrogens with one attached hydrogen (secondary N) is 1. The van der Waals surface area contributed by atoms with Gasteiger partial charge in [0.15, 0.2) is 0 Å². The lowest BCUT2D eigenvalue weighted by Gasteiger charge is -2.36. The van der Waals surface area contributed by atoms with Gasteiger partial charge in [-0.15, -0.1) is 0 Å². The largest absolute Gasteiger partial charge is 0.313 e. The SMILES string of the molecule is CCCNC(CC)CN1CCC(N(C)C)CC1. The molecule has 17 heavy (non-hydrogen) atoms. The lowest BCUT2D eigenvalue weighted by atomic mass is 10.0. The molecule has 1 atom stereocenters. The number of rotatable bonds is 7. The summed E-state index contributed by atoms with van der Waals surface area (Å²) in [5.74, 6) is 0. The molecule has 0 saturated carbocycles. The third-order valence-corrected chi connectivity index (χ3v) is 3.94. The van der Waals surface area contributed by atoms with Crippen LogP contribution in [0.3, 0.4) is 0 Å². The van der Waals surface area contributed by atoms with Crippen molar-refractivity contribution in [2.24, 2.45) is 0 Å². The summed E-state index contributed by atoms with van der Waals surface area (Å²) in [6.07, 6.45) is 5.14. The average Bonchev–Trinajstić information content (AvgIpc) is 2.35. The van der Waals surface area contributed by atoms with E-state index in [4.69, 9.17) is 0 Å². The Morgan fingerprint density at radius 3 is 2.35 bits per heavy atom. The van der Waals surface area contributed by atoms with Crippen LogP contribution in [-0.2, 0) is 0 Å². The molecule has 0 aliphatic carbocycles. The van der Waals surface area contributed by atoms with Crippen molar-refractivity contribution >= 4 is 0 Å². The van der Waals surface area contributed by atoms with Crippen molar-refractivity contribution in [3.63, 3.8) is 0 Å². The molecule has 1 unspecified atom stereocenters. The van der Waals surface area contributed by atoms with Gasteiger partial charge < -0.3 is 15.1 Å². The average molecular weight is 241 g/mol. The van der Waals surface area contributed by atoms with Gasteiger partial charge in [0.05, 0.1) is 0 Å². The van der Waals surface area contributed by atoms with E-state index in [1.54, 1.807) is 0 Å². The standard InChI is InChI=1S/C14H31N3/c1-5-9-15-13(6-2)12-17-10-7-14(8-11-17)16(3)4/h13-15H,5-12H2,1-4H3. The van der Waals surface area contributed by atoms with Crippen LogP contribution in [0.1, 0.15) is 39.5 Å². The molecule has 0 spiro atoms. The summed E-state index contributed by atoms with van der Waals surface area (Å²) in [7, 11) is 4.41. The van der Waals surface area contributed by atoms with Crippen molar-refractivity contribution in [1.82, 2.24) is 15.1 Å². The third kappa shape index (κ3) is 5.36. The van der Waals surface area contributed by atoms with Crippen molar-refractivity contribution in [3.05, 3.63) is 0 Å². The number of nitrogens with zero attached hydrogens (tertiary/aromatic N) is 2. The monoisotopic (exact) mass is 241 g/mol. The number of likely N-dealkylation sites (tertiary alicyclic amines) is 1. The molecule has 1 aliphatic heterocycles. The zero-order chi connectivity index (χ0) is 12.7. The van der Waals surface area contributed by atoms with Crippen LogP contribution in [0.4, 0.5) is 0 Å². The van der Waals surface area contributed by atoms with Crippen LogP contribution < -0.4 is 5.32 Å². The summed E-state index contributed by atoms with van der Waals surface area (Å²) < 4.78 is 0. The molecule has 0 aromatic heterocycles. The Labute approximate surface area is 108 Å². The summed E-state index contributed by atoms with van der Waals surface area (Å²) >= 11 is 0. The van der Waals surface area contributed by atoms with Gasteiger partial charge in [-0.25, -0.2) is 0 Å². The Kier molecular flexibility index (Phi) is 7.09. The highest BCUT2D eigenvalue weighted by Gasteiger charge is 2.21. The molecule has 1 heterocycles. The van der Waals surface area contributed by atoms with Gasteiger partial charge in [-0.05, 0) is 59.4 Å². The van der Waals surface area contributed by atoms with Crippen molar-refractivity contribution in [2.45, 2.75) is 51.6 Å². The predicted molar refractivity (Wildman–Crippen MR) is 75.5 cm³/mol. The fraction of sp³-hybridized carbons (Fsp3) is 1.00. The van der Waals surface area contributed by atoms with Crippen molar-refractivity contribution in [1.29, 1.82) is 0 Å². The Balaban J connectivity index is 2.23. The van der Waals surface area contributed by atoms with Crippen LogP contribution in [0.15, 0.2) is 0 Å². The number of hydrogen-bond donors (Lipinski definition) is 1. The minimum atomic E-state index is 0.686. The molecule has 1 fully saturated rings. The van der Waals surface area contributed by atoms with Gasteiger partial charge in [0.1, 0.15) is 0 Å². The normalized spacial score (nSPS) is 21.0. The van der Waals surface area contributed by atoms with Gasteiger partial charge in [0.25, 0.3) is 0 Å². The minimum Gasteiger partial charge on any atom is -0.313 e. The Morgan fingerprint density at radius 2 is 1.88 bits per heavy atom. The Hall–Kier alpha value is -0.120. The van der Waals surface area contributed by atoms with Gasteiger partial charge in [0.2, 0.25) is 0 Å². The lowest BCUT2D eigenvalue weighted by molar-refractivity contribution is 0.134. The molecule has 0 bridgehead atoms. The fourth-order valence-electron chi connectivity index (χ4n) is 2.62. The maximum absolute atomic E-state index is 3.65. The summed E-state index contributed by atoms with van der Waals surface area (Å²) in [4.78, 5) is 5.01. The van der Waals surface area contributed by atoms with E-state index in [2.05, 4.69) is 43.1 Å². The molecule has 1 saturated heterocycles. The molecule has 0 amide bonds. The maximum atomic E-state index is 3.65. The van der Waals surface area contributed by atoms with E-state index in [0.717, 1.165) is 12.6 Å². The van der Waals surface area contributed by atoms with Gasteiger partial charge in [0, 0.05) is 18.6 Å². The second kappa shape index (κ2) is 8.06. The fourth-order valence-corrected chi connectivity index (χ4v) is 2.62. The van der Waals surface area contributed by atoms with Gasteiger partial charge in [-0.2, -0.15) is 0 Å². The molecule has 0 aromatic rings. The van der Waals surface area contributed by atoms with Crippen LogP contribution in [0.25, 0.3) is 0 Å². The van der Waals surface area contributed by atoms with Crippen LogP contribution in [0.2, 0.25) is 0 Å². The van der Waals surface area contributed by atoms with Gasteiger partial charge in [-0.3, -0.25) is 0 Å². The van der Waals surface area contributed by atoms with Crippen molar-refractivity contribution < 1.29 is 0 Å².